The summed E-state index contributed by atoms with van der Waals surface area (Å²) in [6.07, 6.45) is 2.03. The van der Waals surface area contributed by atoms with Crippen LogP contribution in [0.5, 0.6) is 0 Å². The highest BCUT2D eigenvalue weighted by molar-refractivity contribution is 5.34. The summed E-state index contributed by atoms with van der Waals surface area (Å²) in [4.78, 5) is 0. The minimum atomic E-state index is -0.120. The third-order valence-electron chi connectivity index (χ3n) is 4.30. The van der Waals surface area contributed by atoms with Crippen molar-refractivity contribution in [3.8, 4) is 0 Å². The molecule has 0 saturated carbocycles. The molecule has 1 aromatic carbocycles. The zero-order valence-electron chi connectivity index (χ0n) is 14.0. The predicted molar refractivity (Wildman–Crippen MR) is 87.3 cm³/mol. The Labute approximate surface area is 124 Å². The Hall–Kier alpha value is -0.860. The van der Waals surface area contributed by atoms with Gasteiger partial charge in [-0.05, 0) is 51.3 Å². The van der Waals surface area contributed by atoms with Crippen LogP contribution in [-0.4, -0.2) is 18.8 Å². The van der Waals surface area contributed by atoms with Gasteiger partial charge in [-0.15, -0.1) is 0 Å². The van der Waals surface area contributed by atoms with E-state index in [0.717, 1.165) is 26.0 Å². The van der Waals surface area contributed by atoms with Gasteiger partial charge in [-0.25, -0.2) is 0 Å². The van der Waals surface area contributed by atoms with Gasteiger partial charge >= 0.3 is 0 Å². The lowest BCUT2D eigenvalue weighted by Crippen LogP contribution is -2.46. The maximum Gasteiger partial charge on any atom is 0.0871 e. The lowest BCUT2D eigenvalue weighted by molar-refractivity contribution is -0.0731. The highest BCUT2D eigenvalue weighted by atomic mass is 16.5. The standard InChI is InChI=1S/C18H31NO/c1-7-18(8-2,20-10-4)17(19-9-3)16-12-11-14(5)13-15(16)6/h11-13,17,19H,7-10H2,1-6H3. The Morgan fingerprint density at radius 1 is 1.10 bits per heavy atom. The average Bonchev–Trinajstić information content (AvgIpc) is 2.43. The second kappa shape index (κ2) is 7.80. The lowest BCUT2D eigenvalue weighted by atomic mass is 9.81. The number of nitrogens with one attached hydrogen (secondary N) is 1. The van der Waals surface area contributed by atoms with Gasteiger partial charge in [0.05, 0.1) is 11.6 Å². The molecule has 1 rings (SSSR count). The number of likely N-dealkylation sites (N-methyl/N-ethyl adjacent to an activating group) is 1. The van der Waals surface area contributed by atoms with E-state index < -0.39 is 0 Å². The summed E-state index contributed by atoms with van der Waals surface area (Å²) in [7, 11) is 0. The van der Waals surface area contributed by atoms with Gasteiger partial charge in [0.25, 0.3) is 0 Å². The van der Waals surface area contributed by atoms with Crippen molar-refractivity contribution in [3.63, 3.8) is 0 Å². The van der Waals surface area contributed by atoms with Crippen molar-refractivity contribution in [1.82, 2.24) is 5.32 Å². The SMILES string of the molecule is CCNC(c1ccc(C)cc1C)C(CC)(CC)OCC. The molecule has 0 saturated heterocycles. The molecule has 0 bridgehead atoms. The van der Waals surface area contributed by atoms with Gasteiger partial charge in [-0.2, -0.15) is 0 Å². The molecule has 20 heavy (non-hydrogen) atoms. The first-order valence-corrected chi connectivity index (χ1v) is 7.99. The highest BCUT2D eigenvalue weighted by Crippen LogP contribution is 2.37. The van der Waals surface area contributed by atoms with Crippen molar-refractivity contribution >= 4 is 0 Å². The summed E-state index contributed by atoms with van der Waals surface area (Å²) >= 11 is 0. The molecule has 0 spiro atoms. The van der Waals surface area contributed by atoms with Crippen molar-refractivity contribution in [3.05, 3.63) is 34.9 Å². The van der Waals surface area contributed by atoms with Crippen LogP contribution in [0.15, 0.2) is 18.2 Å². The first kappa shape index (κ1) is 17.2. The molecule has 2 nitrogen and oxygen atoms in total. The van der Waals surface area contributed by atoms with E-state index in [1.54, 1.807) is 0 Å². The van der Waals surface area contributed by atoms with E-state index in [1.165, 1.54) is 16.7 Å². The summed E-state index contributed by atoms with van der Waals surface area (Å²) in [5, 5.41) is 3.66. The van der Waals surface area contributed by atoms with Crippen molar-refractivity contribution in [2.24, 2.45) is 0 Å². The van der Waals surface area contributed by atoms with E-state index in [1.807, 2.05) is 0 Å². The fourth-order valence-electron chi connectivity index (χ4n) is 3.17. The lowest BCUT2D eigenvalue weighted by Gasteiger charge is -2.41. The zero-order chi connectivity index (χ0) is 15.2. The van der Waals surface area contributed by atoms with Crippen molar-refractivity contribution in [1.29, 1.82) is 0 Å². The van der Waals surface area contributed by atoms with Crippen LogP contribution in [0.4, 0.5) is 0 Å². The summed E-state index contributed by atoms with van der Waals surface area (Å²) in [5.74, 6) is 0. The van der Waals surface area contributed by atoms with E-state index >= 15 is 0 Å². The molecule has 1 aromatic rings. The number of ether oxygens (including phenoxy) is 1. The fourth-order valence-corrected chi connectivity index (χ4v) is 3.17. The first-order valence-electron chi connectivity index (χ1n) is 7.99. The second-order valence-electron chi connectivity index (χ2n) is 5.56. The molecule has 1 unspecified atom stereocenters. The van der Waals surface area contributed by atoms with Gasteiger partial charge in [0.2, 0.25) is 0 Å². The third kappa shape index (κ3) is 3.62. The van der Waals surface area contributed by atoms with Crippen LogP contribution in [0.2, 0.25) is 0 Å². The quantitative estimate of drug-likeness (QED) is 0.752. The van der Waals surface area contributed by atoms with E-state index in [9.17, 15) is 0 Å². The molecule has 1 atom stereocenters. The molecule has 0 amide bonds. The van der Waals surface area contributed by atoms with Crippen LogP contribution < -0.4 is 5.32 Å². The molecule has 0 aliphatic heterocycles. The Morgan fingerprint density at radius 3 is 2.20 bits per heavy atom. The average molecular weight is 277 g/mol. The smallest absolute Gasteiger partial charge is 0.0871 e. The summed E-state index contributed by atoms with van der Waals surface area (Å²) in [6.45, 7) is 14.8. The maximum atomic E-state index is 6.22. The van der Waals surface area contributed by atoms with Crippen LogP contribution in [0.25, 0.3) is 0 Å². The van der Waals surface area contributed by atoms with Gasteiger partial charge in [-0.3, -0.25) is 0 Å². The Bertz CT molecular complexity index is 410. The van der Waals surface area contributed by atoms with E-state index in [2.05, 4.69) is 65.1 Å². The van der Waals surface area contributed by atoms with Crippen LogP contribution >= 0.6 is 0 Å². The Morgan fingerprint density at radius 2 is 1.75 bits per heavy atom. The zero-order valence-corrected chi connectivity index (χ0v) is 14.0. The molecular weight excluding hydrogens is 246 g/mol. The molecule has 1 N–H and O–H groups in total. The molecule has 0 aliphatic rings. The first-order chi connectivity index (χ1) is 9.54. The monoisotopic (exact) mass is 277 g/mol. The summed E-state index contributed by atoms with van der Waals surface area (Å²) in [5.41, 5.74) is 3.91. The third-order valence-corrected chi connectivity index (χ3v) is 4.30. The van der Waals surface area contributed by atoms with Gasteiger partial charge in [0, 0.05) is 6.61 Å². The van der Waals surface area contributed by atoms with E-state index in [4.69, 9.17) is 4.74 Å². The number of rotatable bonds is 8. The van der Waals surface area contributed by atoms with Crippen molar-refractivity contribution < 1.29 is 4.74 Å². The molecule has 0 radical (unpaired) electrons. The number of hydrogen-bond acceptors (Lipinski definition) is 2. The minimum Gasteiger partial charge on any atom is -0.373 e. The van der Waals surface area contributed by atoms with E-state index in [-0.39, 0.29) is 11.6 Å². The predicted octanol–water partition coefficient (Wildman–Crippen LogP) is 4.55. The number of aryl methyl sites for hydroxylation is 2. The van der Waals surface area contributed by atoms with Gasteiger partial charge < -0.3 is 10.1 Å². The fraction of sp³-hybridized carbons (Fsp3) is 0.667. The number of benzene rings is 1. The Kier molecular flexibility index (Phi) is 6.70. The van der Waals surface area contributed by atoms with Crippen LogP contribution in [-0.2, 0) is 4.74 Å². The molecule has 2 heteroatoms. The highest BCUT2D eigenvalue weighted by Gasteiger charge is 2.37. The minimum absolute atomic E-state index is 0.120. The van der Waals surface area contributed by atoms with Crippen molar-refractivity contribution in [2.75, 3.05) is 13.2 Å². The van der Waals surface area contributed by atoms with Gasteiger partial charge in [0.15, 0.2) is 0 Å². The van der Waals surface area contributed by atoms with E-state index in [0.29, 0.717) is 0 Å². The largest absolute Gasteiger partial charge is 0.373 e. The molecule has 114 valence electrons. The molecule has 0 aromatic heterocycles. The van der Waals surface area contributed by atoms with Crippen molar-refractivity contribution in [2.45, 2.75) is 66.0 Å². The van der Waals surface area contributed by atoms with Gasteiger partial charge in [0.1, 0.15) is 0 Å². The van der Waals surface area contributed by atoms with Gasteiger partial charge in [-0.1, -0.05) is 44.5 Å². The van der Waals surface area contributed by atoms with Crippen LogP contribution in [0, 0.1) is 13.8 Å². The Balaban J connectivity index is 3.26. The maximum absolute atomic E-state index is 6.22. The molecule has 0 heterocycles. The molecule has 0 fully saturated rings. The summed E-state index contributed by atoms with van der Waals surface area (Å²) < 4.78 is 6.22. The molecular formula is C18H31NO. The summed E-state index contributed by atoms with van der Waals surface area (Å²) in [6, 6.07) is 6.98. The number of hydrogen-bond donors (Lipinski definition) is 1. The second-order valence-corrected chi connectivity index (χ2v) is 5.56. The topological polar surface area (TPSA) is 21.3 Å². The van der Waals surface area contributed by atoms with Crippen LogP contribution in [0.3, 0.4) is 0 Å². The normalized spacial score (nSPS) is 13.5. The molecule has 0 aliphatic carbocycles. The van der Waals surface area contributed by atoms with Crippen LogP contribution in [0.1, 0.15) is 63.3 Å².